The van der Waals surface area contributed by atoms with E-state index in [0.29, 0.717) is 5.56 Å². The molecule has 2 aromatic rings. The van der Waals surface area contributed by atoms with Crippen LogP contribution in [0.5, 0.6) is 0 Å². The van der Waals surface area contributed by atoms with Gasteiger partial charge in [-0.2, -0.15) is 0 Å². The van der Waals surface area contributed by atoms with Crippen molar-refractivity contribution in [3.63, 3.8) is 0 Å². The van der Waals surface area contributed by atoms with Gasteiger partial charge in [0.05, 0.1) is 5.56 Å². The van der Waals surface area contributed by atoms with E-state index in [4.69, 9.17) is 10.9 Å². The largest absolute Gasteiger partial charge is 0.409 e. The van der Waals surface area contributed by atoms with Crippen LogP contribution in [-0.4, -0.2) is 16.0 Å². The average Bonchev–Trinajstić information content (AvgIpc) is 2.43. The number of benzene rings is 1. The Hall–Kier alpha value is -2.01. The van der Waals surface area contributed by atoms with Gasteiger partial charge >= 0.3 is 0 Å². The summed E-state index contributed by atoms with van der Waals surface area (Å²) in [7, 11) is 0. The van der Waals surface area contributed by atoms with E-state index in [2.05, 4.69) is 42.2 Å². The van der Waals surface area contributed by atoms with Gasteiger partial charge in [-0.15, -0.1) is 11.8 Å². The summed E-state index contributed by atoms with van der Waals surface area (Å²) in [5, 5.41) is 12.6. The topological polar surface area (TPSA) is 71.5 Å². The molecule has 0 spiro atoms. The van der Waals surface area contributed by atoms with E-state index in [1.165, 1.54) is 16.7 Å². The third kappa shape index (κ3) is 3.51. The first-order chi connectivity index (χ1) is 9.60. The predicted molar refractivity (Wildman–Crippen MR) is 82.2 cm³/mol. The number of amidine groups is 1. The zero-order valence-electron chi connectivity index (χ0n) is 11.5. The van der Waals surface area contributed by atoms with E-state index >= 15 is 0 Å². The maximum atomic E-state index is 8.80. The minimum atomic E-state index is 0.0843. The number of aromatic nitrogens is 1. The van der Waals surface area contributed by atoms with Crippen LogP contribution >= 0.6 is 11.8 Å². The summed E-state index contributed by atoms with van der Waals surface area (Å²) in [5.41, 5.74) is 10.1. The third-order valence-electron chi connectivity index (χ3n) is 2.81. The van der Waals surface area contributed by atoms with Crippen LogP contribution in [0.2, 0.25) is 0 Å². The Morgan fingerprint density at radius 3 is 2.65 bits per heavy atom. The highest BCUT2D eigenvalue weighted by molar-refractivity contribution is 7.98. The van der Waals surface area contributed by atoms with Crippen molar-refractivity contribution in [2.45, 2.75) is 24.6 Å². The quantitative estimate of drug-likeness (QED) is 0.298. The van der Waals surface area contributed by atoms with Gasteiger partial charge in [-0.1, -0.05) is 34.5 Å². The highest BCUT2D eigenvalue weighted by Crippen LogP contribution is 2.25. The minimum Gasteiger partial charge on any atom is -0.409 e. The molecule has 1 aromatic heterocycles. The molecule has 1 aromatic carbocycles. The Kier molecular flexibility index (Phi) is 4.63. The maximum Gasteiger partial charge on any atom is 0.172 e. The van der Waals surface area contributed by atoms with Crippen molar-refractivity contribution in [3.8, 4) is 0 Å². The molecule has 0 aliphatic heterocycles. The summed E-state index contributed by atoms with van der Waals surface area (Å²) in [6, 6.07) is 10.0. The monoisotopic (exact) mass is 287 g/mol. The number of hydrogen-bond acceptors (Lipinski definition) is 4. The van der Waals surface area contributed by atoms with Crippen LogP contribution in [0.3, 0.4) is 0 Å². The van der Waals surface area contributed by atoms with Gasteiger partial charge in [0.2, 0.25) is 0 Å². The lowest BCUT2D eigenvalue weighted by atomic mass is 10.1. The van der Waals surface area contributed by atoms with Gasteiger partial charge in [0.15, 0.2) is 5.84 Å². The van der Waals surface area contributed by atoms with Gasteiger partial charge < -0.3 is 10.9 Å². The molecule has 0 fully saturated rings. The van der Waals surface area contributed by atoms with Crippen molar-refractivity contribution in [1.29, 1.82) is 0 Å². The highest BCUT2D eigenvalue weighted by atomic mass is 32.2. The Balaban J connectivity index is 2.19. The molecule has 0 unspecified atom stereocenters. The minimum absolute atomic E-state index is 0.0843. The number of hydrogen-bond donors (Lipinski definition) is 2. The summed E-state index contributed by atoms with van der Waals surface area (Å²) in [5.74, 6) is 0.881. The molecular weight excluding hydrogens is 270 g/mol. The fourth-order valence-electron chi connectivity index (χ4n) is 2.06. The van der Waals surface area contributed by atoms with E-state index in [-0.39, 0.29) is 5.84 Å². The van der Waals surface area contributed by atoms with Crippen LogP contribution in [-0.2, 0) is 5.75 Å². The standard InChI is InChI=1S/C15H17N3OS/c1-10-6-11(2)8-12(7-10)9-20-15-13(14(16)18-19)4-3-5-17-15/h3-8,19H,9H2,1-2H3,(H2,16,18). The van der Waals surface area contributed by atoms with Gasteiger partial charge in [0.1, 0.15) is 5.03 Å². The molecular formula is C15H17N3OS. The first-order valence-corrected chi connectivity index (χ1v) is 7.21. The molecule has 0 amide bonds. The van der Waals surface area contributed by atoms with E-state index in [1.807, 2.05) is 0 Å². The second kappa shape index (κ2) is 6.43. The van der Waals surface area contributed by atoms with Crippen molar-refractivity contribution in [3.05, 3.63) is 58.8 Å². The molecule has 0 aliphatic rings. The molecule has 1 heterocycles. The SMILES string of the molecule is Cc1cc(C)cc(CSc2ncccc2/C(N)=N/O)c1. The second-order valence-electron chi connectivity index (χ2n) is 4.63. The summed E-state index contributed by atoms with van der Waals surface area (Å²) in [6.07, 6.45) is 1.71. The first-order valence-electron chi connectivity index (χ1n) is 6.23. The summed E-state index contributed by atoms with van der Waals surface area (Å²) >= 11 is 1.58. The van der Waals surface area contributed by atoms with Gasteiger partial charge in [-0.05, 0) is 31.5 Å². The zero-order valence-corrected chi connectivity index (χ0v) is 12.3. The second-order valence-corrected chi connectivity index (χ2v) is 5.59. The Morgan fingerprint density at radius 2 is 2.00 bits per heavy atom. The fourth-order valence-corrected chi connectivity index (χ4v) is 2.99. The number of nitrogens with zero attached hydrogens (tertiary/aromatic N) is 2. The molecule has 0 saturated carbocycles. The summed E-state index contributed by atoms with van der Waals surface area (Å²) < 4.78 is 0. The number of rotatable bonds is 4. The highest BCUT2D eigenvalue weighted by Gasteiger charge is 2.08. The molecule has 20 heavy (non-hydrogen) atoms. The van der Waals surface area contributed by atoms with Crippen molar-refractivity contribution < 1.29 is 5.21 Å². The normalized spacial score (nSPS) is 11.6. The van der Waals surface area contributed by atoms with Crippen LogP contribution in [0.25, 0.3) is 0 Å². The fraction of sp³-hybridized carbons (Fsp3) is 0.200. The van der Waals surface area contributed by atoms with E-state index in [1.54, 1.807) is 30.1 Å². The van der Waals surface area contributed by atoms with Gasteiger partial charge in [-0.25, -0.2) is 4.98 Å². The number of thioether (sulfide) groups is 1. The lowest BCUT2D eigenvalue weighted by molar-refractivity contribution is 0.318. The van der Waals surface area contributed by atoms with E-state index in [0.717, 1.165) is 10.8 Å². The molecule has 4 nitrogen and oxygen atoms in total. The van der Waals surface area contributed by atoms with Crippen LogP contribution in [0.15, 0.2) is 46.7 Å². The summed E-state index contributed by atoms with van der Waals surface area (Å²) in [4.78, 5) is 4.30. The molecule has 5 heteroatoms. The average molecular weight is 287 g/mol. The lowest BCUT2D eigenvalue weighted by Crippen LogP contribution is -2.14. The zero-order chi connectivity index (χ0) is 14.5. The lowest BCUT2D eigenvalue weighted by Gasteiger charge is -2.08. The Labute approximate surface area is 122 Å². The summed E-state index contributed by atoms with van der Waals surface area (Å²) in [6.45, 7) is 4.17. The Bertz CT molecular complexity index is 621. The van der Waals surface area contributed by atoms with Crippen LogP contribution in [0.4, 0.5) is 0 Å². The molecule has 104 valence electrons. The van der Waals surface area contributed by atoms with Crippen LogP contribution < -0.4 is 5.73 Å². The van der Waals surface area contributed by atoms with Gasteiger partial charge in [-0.3, -0.25) is 0 Å². The van der Waals surface area contributed by atoms with Gasteiger partial charge in [0, 0.05) is 11.9 Å². The van der Waals surface area contributed by atoms with Crippen molar-refractivity contribution in [1.82, 2.24) is 4.98 Å². The smallest absolute Gasteiger partial charge is 0.172 e. The maximum absolute atomic E-state index is 8.80. The number of nitrogens with two attached hydrogens (primary N) is 1. The van der Waals surface area contributed by atoms with E-state index in [9.17, 15) is 0 Å². The van der Waals surface area contributed by atoms with Crippen molar-refractivity contribution in [2.24, 2.45) is 10.9 Å². The third-order valence-corrected chi connectivity index (χ3v) is 3.89. The number of aryl methyl sites for hydroxylation is 2. The van der Waals surface area contributed by atoms with E-state index < -0.39 is 0 Å². The molecule has 0 saturated heterocycles. The molecule has 3 N–H and O–H groups in total. The predicted octanol–water partition coefficient (Wildman–Crippen LogP) is 3.09. The molecule has 0 aliphatic carbocycles. The number of pyridine rings is 1. The van der Waals surface area contributed by atoms with Gasteiger partial charge in [0.25, 0.3) is 0 Å². The molecule has 2 rings (SSSR count). The first kappa shape index (κ1) is 14.4. The molecule has 0 bridgehead atoms. The van der Waals surface area contributed by atoms with Crippen molar-refractivity contribution in [2.75, 3.05) is 0 Å². The van der Waals surface area contributed by atoms with Crippen LogP contribution in [0, 0.1) is 13.8 Å². The molecule has 0 atom stereocenters. The Morgan fingerprint density at radius 1 is 1.30 bits per heavy atom. The molecule has 0 radical (unpaired) electrons. The van der Waals surface area contributed by atoms with Crippen molar-refractivity contribution >= 4 is 17.6 Å². The number of oxime groups is 1. The van der Waals surface area contributed by atoms with Crippen LogP contribution in [0.1, 0.15) is 22.3 Å².